The molecule has 2 aromatic heterocycles. The molecule has 1 aromatic carbocycles. The molecule has 0 aliphatic carbocycles. The number of carbonyl (C=O) groups excluding carboxylic acids is 1. The van der Waals surface area contributed by atoms with Gasteiger partial charge in [-0.05, 0) is 43.7 Å². The predicted molar refractivity (Wildman–Crippen MR) is 118 cm³/mol. The van der Waals surface area contributed by atoms with Gasteiger partial charge in [0.25, 0.3) is 11.5 Å². The summed E-state index contributed by atoms with van der Waals surface area (Å²) < 4.78 is 11.1. The second-order valence-corrected chi connectivity index (χ2v) is 7.87. The van der Waals surface area contributed by atoms with Crippen molar-refractivity contribution in [2.45, 2.75) is 33.2 Å². The molecule has 4 rings (SSSR count). The number of aromatic nitrogens is 2. The van der Waals surface area contributed by atoms with Gasteiger partial charge in [-0.3, -0.25) is 9.59 Å². The number of aryl methyl sites for hydroxylation is 2. The number of pyridine rings is 2. The maximum absolute atomic E-state index is 13.0. The van der Waals surface area contributed by atoms with E-state index in [1.807, 2.05) is 38.1 Å². The Morgan fingerprint density at radius 1 is 1.29 bits per heavy atom. The minimum atomic E-state index is -0.246. The average Bonchev–Trinajstić information content (AvgIpc) is 3.13. The number of hydrogen-bond acceptors (Lipinski definition) is 5. The van der Waals surface area contributed by atoms with E-state index >= 15 is 0 Å². The van der Waals surface area contributed by atoms with Gasteiger partial charge >= 0.3 is 0 Å². The molecule has 7 nitrogen and oxygen atoms in total. The SMILES string of the molecule is COc1ccc(-c2cc(C(=O)NCc3c(C)cc(C)[nH]c3=O)cc3c2OCC3C)cn1. The summed E-state index contributed by atoms with van der Waals surface area (Å²) in [6.07, 6.45) is 1.71. The summed E-state index contributed by atoms with van der Waals surface area (Å²) in [5.74, 6) is 1.23. The van der Waals surface area contributed by atoms with E-state index in [1.165, 1.54) is 0 Å². The normalized spacial score (nSPS) is 14.6. The topological polar surface area (TPSA) is 93.3 Å². The maximum atomic E-state index is 13.0. The number of rotatable bonds is 5. The molecule has 1 atom stereocenters. The summed E-state index contributed by atoms with van der Waals surface area (Å²) in [6, 6.07) is 9.24. The number of aromatic amines is 1. The minimum Gasteiger partial charge on any atom is -0.492 e. The van der Waals surface area contributed by atoms with Crippen LogP contribution in [0.25, 0.3) is 11.1 Å². The fourth-order valence-electron chi connectivity index (χ4n) is 3.85. The third-order valence-electron chi connectivity index (χ3n) is 5.56. The number of amides is 1. The zero-order valence-corrected chi connectivity index (χ0v) is 18.0. The van der Waals surface area contributed by atoms with Crippen LogP contribution in [0.2, 0.25) is 0 Å². The van der Waals surface area contributed by atoms with Gasteiger partial charge < -0.3 is 19.8 Å². The molecule has 31 heavy (non-hydrogen) atoms. The fraction of sp³-hybridized carbons (Fsp3) is 0.292. The molecule has 2 N–H and O–H groups in total. The number of nitrogens with zero attached hydrogens (tertiary/aromatic N) is 1. The molecule has 0 spiro atoms. The largest absolute Gasteiger partial charge is 0.492 e. The number of H-pyrrole nitrogens is 1. The van der Waals surface area contributed by atoms with Crippen LogP contribution < -0.4 is 20.3 Å². The van der Waals surface area contributed by atoms with Crippen LogP contribution in [0.3, 0.4) is 0 Å². The number of benzene rings is 1. The minimum absolute atomic E-state index is 0.156. The number of fused-ring (bicyclic) bond motifs is 1. The Morgan fingerprint density at radius 3 is 2.77 bits per heavy atom. The van der Waals surface area contributed by atoms with Crippen LogP contribution in [0, 0.1) is 13.8 Å². The van der Waals surface area contributed by atoms with E-state index in [0.29, 0.717) is 23.6 Å². The molecule has 0 saturated carbocycles. The molecule has 1 aliphatic heterocycles. The molecule has 0 radical (unpaired) electrons. The van der Waals surface area contributed by atoms with E-state index in [0.717, 1.165) is 33.7 Å². The third kappa shape index (κ3) is 4.03. The van der Waals surface area contributed by atoms with Crippen LogP contribution in [-0.4, -0.2) is 29.6 Å². The summed E-state index contributed by atoms with van der Waals surface area (Å²) in [7, 11) is 1.57. The molecule has 0 saturated heterocycles. The Bertz CT molecular complexity index is 1200. The van der Waals surface area contributed by atoms with Crippen LogP contribution in [0.1, 0.15) is 45.6 Å². The Labute approximate surface area is 180 Å². The lowest BCUT2D eigenvalue weighted by Crippen LogP contribution is -2.28. The fourth-order valence-corrected chi connectivity index (χ4v) is 3.85. The smallest absolute Gasteiger partial charge is 0.253 e. The van der Waals surface area contributed by atoms with Crippen molar-refractivity contribution >= 4 is 5.91 Å². The number of methoxy groups -OCH3 is 1. The first-order valence-corrected chi connectivity index (χ1v) is 10.2. The first-order valence-electron chi connectivity index (χ1n) is 10.2. The lowest BCUT2D eigenvalue weighted by atomic mass is 9.94. The highest BCUT2D eigenvalue weighted by molar-refractivity contribution is 5.96. The molecule has 0 bridgehead atoms. The van der Waals surface area contributed by atoms with E-state index in [1.54, 1.807) is 19.4 Å². The van der Waals surface area contributed by atoms with Crippen molar-refractivity contribution in [3.05, 3.63) is 74.8 Å². The number of hydrogen-bond donors (Lipinski definition) is 2. The van der Waals surface area contributed by atoms with E-state index in [4.69, 9.17) is 9.47 Å². The summed E-state index contributed by atoms with van der Waals surface area (Å²) in [5, 5.41) is 2.88. The molecule has 7 heteroatoms. The van der Waals surface area contributed by atoms with Crippen molar-refractivity contribution in [2.75, 3.05) is 13.7 Å². The van der Waals surface area contributed by atoms with E-state index in [9.17, 15) is 9.59 Å². The van der Waals surface area contributed by atoms with E-state index < -0.39 is 0 Å². The standard InChI is InChI=1S/C24H25N3O4/c1-13-7-15(3)27-24(29)20(13)11-26-23(28)17-8-18-14(2)12-31-22(18)19(9-17)16-5-6-21(30-4)25-10-16/h5-10,14H,11-12H2,1-4H3,(H,26,28)(H,27,29). The molecular weight excluding hydrogens is 394 g/mol. The van der Waals surface area contributed by atoms with Crippen molar-refractivity contribution in [3.63, 3.8) is 0 Å². The zero-order valence-electron chi connectivity index (χ0n) is 18.0. The van der Waals surface area contributed by atoms with E-state index in [2.05, 4.69) is 22.2 Å². The van der Waals surface area contributed by atoms with Gasteiger partial charge in [0.2, 0.25) is 5.88 Å². The second kappa shape index (κ2) is 8.26. The number of carbonyl (C=O) groups is 1. The van der Waals surface area contributed by atoms with Crippen LogP contribution in [0.15, 0.2) is 41.3 Å². The summed E-state index contributed by atoms with van der Waals surface area (Å²) in [5.41, 5.74) is 5.17. The van der Waals surface area contributed by atoms with Gasteiger partial charge in [0.15, 0.2) is 0 Å². The van der Waals surface area contributed by atoms with Crippen LogP contribution in [0.4, 0.5) is 0 Å². The second-order valence-electron chi connectivity index (χ2n) is 7.87. The molecule has 3 aromatic rings. The highest BCUT2D eigenvalue weighted by Crippen LogP contribution is 2.42. The van der Waals surface area contributed by atoms with Gasteiger partial charge in [0.1, 0.15) is 5.75 Å². The number of ether oxygens (including phenoxy) is 2. The van der Waals surface area contributed by atoms with Crippen molar-refractivity contribution in [1.29, 1.82) is 0 Å². The molecule has 1 aliphatic rings. The van der Waals surface area contributed by atoms with Gasteiger partial charge in [-0.2, -0.15) is 0 Å². The summed E-state index contributed by atoms with van der Waals surface area (Å²) in [6.45, 7) is 6.49. The maximum Gasteiger partial charge on any atom is 0.253 e. The zero-order chi connectivity index (χ0) is 22.1. The van der Waals surface area contributed by atoms with Crippen molar-refractivity contribution in [3.8, 4) is 22.8 Å². The highest BCUT2D eigenvalue weighted by Gasteiger charge is 2.26. The van der Waals surface area contributed by atoms with Gasteiger partial charge in [-0.1, -0.05) is 6.92 Å². The Balaban J connectivity index is 1.66. The predicted octanol–water partition coefficient (Wildman–Crippen LogP) is 3.49. The summed E-state index contributed by atoms with van der Waals surface area (Å²) in [4.78, 5) is 32.3. The first kappa shape index (κ1) is 20.7. The van der Waals surface area contributed by atoms with Gasteiger partial charge in [-0.15, -0.1) is 0 Å². The van der Waals surface area contributed by atoms with Crippen LogP contribution >= 0.6 is 0 Å². The summed E-state index contributed by atoms with van der Waals surface area (Å²) >= 11 is 0. The van der Waals surface area contributed by atoms with Crippen molar-refractivity contribution in [2.24, 2.45) is 0 Å². The van der Waals surface area contributed by atoms with Gasteiger partial charge in [0, 0.05) is 58.2 Å². The Hall–Kier alpha value is -3.61. The molecule has 0 fully saturated rings. The first-order chi connectivity index (χ1) is 14.9. The lowest BCUT2D eigenvalue weighted by Gasteiger charge is -2.13. The molecule has 1 unspecified atom stereocenters. The van der Waals surface area contributed by atoms with Crippen molar-refractivity contribution in [1.82, 2.24) is 15.3 Å². The monoisotopic (exact) mass is 419 g/mol. The van der Waals surface area contributed by atoms with E-state index in [-0.39, 0.29) is 23.9 Å². The molecule has 1 amide bonds. The molecule has 160 valence electrons. The highest BCUT2D eigenvalue weighted by atomic mass is 16.5. The molecule has 3 heterocycles. The Morgan fingerprint density at radius 2 is 2.10 bits per heavy atom. The molecular formula is C24H25N3O4. The van der Waals surface area contributed by atoms with Crippen LogP contribution in [-0.2, 0) is 6.54 Å². The van der Waals surface area contributed by atoms with Crippen molar-refractivity contribution < 1.29 is 14.3 Å². The van der Waals surface area contributed by atoms with Crippen LogP contribution in [0.5, 0.6) is 11.6 Å². The third-order valence-corrected chi connectivity index (χ3v) is 5.56. The lowest BCUT2D eigenvalue weighted by molar-refractivity contribution is 0.0950. The average molecular weight is 419 g/mol. The van der Waals surface area contributed by atoms with Gasteiger partial charge in [0.05, 0.1) is 13.7 Å². The number of nitrogens with one attached hydrogen (secondary N) is 2. The Kier molecular flexibility index (Phi) is 5.50. The quantitative estimate of drug-likeness (QED) is 0.660. The van der Waals surface area contributed by atoms with Gasteiger partial charge in [-0.25, -0.2) is 4.98 Å².